The second-order valence-electron chi connectivity index (χ2n) is 7.53. The standard InChI is InChI=1S/C24H16Br2Cl2N4O3/c1-12-6-14(25)2-4-19(12)30-23(34)24(35)31-32-20-5-3-15(26)7-13(20)8-21(32)22(33)29-18-10-16(27)9-17(28)11-18/h2-11H,1H3,(H,29,33)(H,30,34)(H,31,35). The fourth-order valence-corrected chi connectivity index (χ4v) is 4.77. The van der Waals surface area contributed by atoms with Crippen LogP contribution in [0, 0.1) is 6.92 Å². The van der Waals surface area contributed by atoms with E-state index in [-0.39, 0.29) is 5.69 Å². The molecule has 0 aliphatic heterocycles. The van der Waals surface area contributed by atoms with Crippen LogP contribution in [-0.2, 0) is 9.59 Å². The molecule has 0 aliphatic carbocycles. The smallest absolute Gasteiger partial charge is 0.321 e. The number of amides is 3. The van der Waals surface area contributed by atoms with Crippen molar-refractivity contribution in [2.45, 2.75) is 6.92 Å². The predicted molar refractivity (Wildman–Crippen MR) is 146 cm³/mol. The van der Waals surface area contributed by atoms with E-state index < -0.39 is 17.7 Å². The number of aryl methyl sites for hydroxylation is 1. The van der Waals surface area contributed by atoms with E-state index >= 15 is 0 Å². The first kappa shape index (κ1) is 25.2. The van der Waals surface area contributed by atoms with E-state index in [1.807, 2.05) is 6.07 Å². The molecule has 0 fully saturated rings. The summed E-state index contributed by atoms with van der Waals surface area (Å²) in [5.74, 6) is -2.38. The van der Waals surface area contributed by atoms with Gasteiger partial charge in [0.15, 0.2) is 0 Å². The first-order valence-corrected chi connectivity index (χ1v) is 12.4. The highest BCUT2D eigenvalue weighted by Crippen LogP contribution is 2.26. The Labute approximate surface area is 227 Å². The van der Waals surface area contributed by atoms with Crippen LogP contribution in [0.15, 0.2) is 69.6 Å². The molecule has 0 bridgehead atoms. The summed E-state index contributed by atoms with van der Waals surface area (Å²) in [7, 11) is 0. The molecule has 1 aromatic heterocycles. The van der Waals surface area contributed by atoms with Crippen LogP contribution in [0.2, 0.25) is 10.0 Å². The molecule has 0 saturated heterocycles. The van der Waals surface area contributed by atoms with Gasteiger partial charge in [0.25, 0.3) is 5.91 Å². The van der Waals surface area contributed by atoms with Gasteiger partial charge in [0, 0.05) is 35.8 Å². The van der Waals surface area contributed by atoms with Crippen molar-refractivity contribution in [1.29, 1.82) is 0 Å². The molecule has 3 N–H and O–H groups in total. The maximum atomic E-state index is 13.1. The van der Waals surface area contributed by atoms with E-state index in [0.29, 0.717) is 32.3 Å². The summed E-state index contributed by atoms with van der Waals surface area (Å²) < 4.78 is 2.89. The van der Waals surface area contributed by atoms with E-state index in [9.17, 15) is 14.4 Å². The molecule has 35 heavy (non-hydrogen) atoms. The molecule has 7 nitrogen and oxygen atoms in total. The van der Waals surface area contributed by atoms with Crippen molar-refractivity contribution in [3.63, 3.8) is 0 Å². The second kappa shape index (κ2) is 10.4. The van der Waals surface area contributed by atoms with Crippen molar-refractivity contribution < 1.29 is 14.4 Å². The maximum absolute atomic E-state index is 13.1. The van der Waals surface area contributed by atoms with Gasteiger partial charge in [0.05, 0.1) is 5.52 Å². The highest BCUT2D eigenvalue weighted by Gasteiger charge is 2.22. The highest BCUT2D eigenvalue weighted by molar-refractivity contribution is 9.10. The summed E-state index contributed by atoms with van der Waals surface area (Å²) in [4.78, 5) is 38.6. The highest BCUT2D eigenvalue weighted by atomic mass is 79.9. The van der Waals surface area contributed by atoms with Crippen LogP contribution >= 0.6 is 55.1 Å². The van der Waals surface area contributed by atoms with E-state index in [1.54, 1.807) is 61.5 Å². The lowest BCUT2D eigenvalue weighted by atomic mass is 10.2. The third-order valence-corrected chi connectivity index (χ3v) is 6.40. The number of hydrogen-bond donors (Lipinski definition) is 3. The Balaban J connectivity index is 1.64. The molecule has 0 aliphatic rings. The molecule has 178 valence electrons. The lowest BCUT2D eigenvalue weighted by Crippen LogP contribution is -2.36. The summed E-state index contributed by atoms with van der Waals surface area (Å²) in [6.07, 6.45) is 0. The van der Waals surface area contributed by atoms with Gasteiger partial charge in [-0.25, -0.2) is 4.68 Å². The largest absolute Gasteiger partial charge is 0.328 e. The molecular formula is C24H16Br2Cl2N4O3. The zero-order valence-corrected chi connectivity index (χ0v) is 22.6. The van der Waals surface area contributed by atoms with Gasteiger partial charge in [-0.15, -0.1) is 0 Å². The SMILES string of the molecule is Cc1cc(Br)ccc1NC(=O)C(=O)Nn1c(C(=O)Nc2cc(Cl)cc(Cl)c2)cc2cc(Br)ccc21. The van der Waals surface area contributed by atoms with Crippen LogP contribution in [0.4, 0.5) is 11.4 Å². The van der Waals surface area contributed by atoms with Gasteiger partial charge in [-0.3, -0.25) is 19.8 Å². The Kier molecular flexibility index (Phi) is 7.51. The van der Waals surface area contributed by atoms with E-state index in [1.165, 1.54) is 4.68 Å². The van der Waals surface area contributed by atoms with Crippen molar-refractivity contribution in [2.24, 2.45) is 0 Å². The molecule has 3 amide bonds. The van der Waals surface area contributed by atoms with Crippen molar-refractivity contribution in [3.05, 3.63) is 90.9 Å². The summed E-state index contributed by atoms with van der Waals surface area (Å²) in [5.41, 5.74) is 4.77. The molecule has 0 unspecified atom stereocenters. The Hall–Kier alpha value is -2.85. The normalized spacial score (nSPS) is 10.8. The fraction of sp³-hybridized carbons (Fsp3) is 0.0417. The molecule has 0 spiro atoms. The number of fused-ring (bicyclic) bond motifs is 1. The van der Waals surface area contributed by atoms with Crippen molar-refractivity contribution >= 4 is 95.1 Å². The van der Waals surface area contributed by atoms with E-state index in [2.05, 4.69) is 47.9 Å². The van der Waals surface area contributed by atoms with Gasteiger partial charge >= 0.3 is 11.8 Å². The number of nitrogens with zero attached hydrogens (tertiary/aromatic N) is 1. The number of carbonyl (C=O) groups is 3. The number of anilines is 2. The van der Waals surface area contributed by atoms with Crippen LogP contribution in [0.5, 0.6) is 0 Å². The molecule has 4 aromatic rings. The number of hydrogen-bond acceptors (Lipinski definition) is 3. The molecule has 0 saturated carbocycles. The minimum Gasteiger partial charge on any atom is -0.321 e. The van der Waals surface area contributed by atoms with Gasteiger partial charge in [-0.1, -0.05) is 55.1 Å². The molecule has 4 rings (SSSR count). The number of rotatable bonds is 4. The number of carbonyl (C=O) groups excluding carboxylic acids is 3. The molecule has 1 heterocycles. The zero-order chi connectivity index (χ0) is 25.3. The number of benzene rings is 3. The Morgan fingerprint density at radius 1 is 0.800 bits per heavy atom. The van der Waals surface area contributed by atoms with E-state index in [4.69, 9.17) is 23.2 Å². The molecule has 0 atom stereocenters. The Bertz CT molecular complexity index is 1480. The number of halogens is 4. The third-order valence-electron chi connectivity index (χ3n) is 4.97. The molecular weight excluding hydrogens is 623 g/mol. The van der Waals surface area contributed by atoms with Crippen LogP contribution in [-0.4, -0.2) is 22.4 Å². The lowest BCUT2D eigenvalue weighted by molar-refractivity contribution is -0.133. The van der Waals surface area contributed by atoms with Gasteiger partial charge in [-0.2, -0.15) is 0 Å². The summed E-state index contributed by atoms with van der Waals surface area (Å²) >= 11 is 18.8. The third kappa shape index (κ3) is 5.87. The zero-order valence-electron chi connectivity index (χ0n) is 18.0. The van der Waals surface area contributed by atoms with Crippen molar-refractivity contribution in [3.8, 4) is 0 Å². The number of aromatic nitrogens is 1. The lowest BCUT2D eigenvalue weighted by Gasteiger charge is -2.13. The van der Waals surface area contributed by atoms with Crippen molar-refractivity contribution in [2.75, 3.05) is 16.1 Å². The van der Waals surface area contributed by atoms with Crippen molar-refractivity contribution in [1.82, 2.24) is 4.68 Å². The van der Waals surface area contributed by atoms with Gasteiger partial charge < -0.3 is 10.6 Å². The van der Waals surface area contributed by atoms with Crippen LogP contribution in [0.25, 0.3) is 10.9 Å². The monoisotopic (exact) mass is 636 g/mol. The van der Waals surface area contributed by atoms with Crippen LogP contribution in [0.3, 0.4) is 0 Å². The Morgan fingerprint density at radius 3 is 2.14 bits per heavy atom. The fourth-order valence-electron chi connectivity index (χ4n) is 3.39. The molecule has 3 aromatic carbocycles. The van der Waals surface area contributed by atoms with E-state index in [0.717, 1.165) is 14.5 Å². The molecule has 0 radical (unpaired) electrons. The summed E-state index contributed by atoms with van der Waals surface area (Å²) in [6.45, 7) is 1.81. The first-order chi connectivity index (χ1) is 16.6. The number of nitrogens with one attached hydrogen (secondary N) is 3. The first-order valence-electron chi connectivity index (χ1n) is 10.1. The van der Waals surface area contributed by atoms with Gasteiger partial charge in [0.1, 0.15) is 5.69 Å². The summed E-state index contributed by atoms with van der Waals surface area (Å²) in [6, 6.07) is 16.7. The topological polar surface area (TPSA) is 92.2 Å². The van der Waals surface area contributed by atoms with Crippen LogP contribution in [0.1, 0.15) is 16.1 Å². The predicted octanol–water partition coefficient (Wildman–Crippen LogP) is 6.74. The maximum Gasteiger partial charge on any atom is 0.328 e. The average molecular weight is 639 g/mol. The molecule has 11 heteroatoms. The van der Waals surface area contributed by atoms with Gasteiger partial charge in [-0.05, 0) is 73.2 Å². The minimum absolute atomic E-state index is 0.0928. The Morgan fingerprint density at radius 2 is 1.46 bits per heavy atom. The minimum atomic E-state index is -0.951. The average Bonchev–Trinajstić information content (AvgIpc) is 3.12. The summed E-state index contributed by atoms with van der Waals surface area (Å²) in [5, 5.41) is 6.67. The quantitative estimate of drug-likeness (QED) is 0.216. The van der Waals surface area contributed by atoms with Gasteiger partial charge in [0.2, 0.25) is 0 Å². The second-order valence-corrected chi connectivity index (χ2v) is 10.2. The van der Waals surface area contributed by atoms with Crippen LogP contribution < -0.4 is 16.1 Å².